The summed E-state index contributed by atoms with van der Waals surface area (Å²) in [6.45, 7) is 2.99. The smallest absolute Gasteiger partial charge is 0.329 e. The van der Waals surface area contributed by atoms with Gasteiger partial charge in [-0.15, -0.1) is 0 Å². The standard InChI is InChI=1S/C16H18N2O3/c1-16(2,15(20)21)18(3)14(19)13-10-9-12(17-13)11-7-5-4-6-8-11/h4-10,17H,1-3H3,(H,20,21). The van der Waals surface area contributed by atoms with Gasteiger partial charge in [-0.25, -0.2) is 4.79 Å². The Hall–Kier alpha value is -2.56. The number of aliphatic carboxylic acids is 1. The maximum absolute atomic E-state index is 12.4. The van der Waals surface area contributed by atoms with Crippen LogP contribution in [-0.4, -0.2) is 39.5 Å². The van der Waals surface area contributed by atoms with Gasteiger partial charge in [0.25, 0.3) is 5.91 Å². The maximum atomic E-state index is 12.4. The van der Waals surface area contributed by atoms with Crippen molar-refractivity contribution in [3.8, 4) is 11.3 Å². The molecule has 5 nitrogen and oxygen atoms in total. The van der Waals surface area contributed by atoms with E-state index in [1.54, 1.807) is 6.07 Å². The van der Waals surface area contributed by atoms with Gasteiger partial charge in [0.1, 0.15) is 11.2 Å². The number of carbonyl (C=O) groups is 2. The fourth-order valence-corrected chi connectivity index (χ4v) is 1.88. The zero-order chi connectivity index (χ0) is 15.6. The minimum atomic E-state index is -1.27. The summed E-state index contributed by atoms with van der Waals surface area (Å²) in [7, 11) is 1.49. The van der Waals surface area contributed by atoms with Crippen LogP contribution >= 0.6 is 0 Å². The van der Waals surface area contributed by atoms with Crippen molar-refractivity contribution in [1.29, 1.82) is 0 Å². The molecule has 0 radical (unpaired) electrons. The number of nitrogens with one attached hydrogen (secondary N) is 1. The molecule has 0 aliphatic rings. The average Bonchev–Trinajstić information content (AvgIpc) is 2.96. The Morgan fingerprint density at radius 1 is 1.10 bits per heavy atom. The zero-order valence-corrected chi connectivity index (χ0v) is 12.3. The van der Waals surface area contributed by atoms with E-state index >= 15 is 0 Å². The van der Waals surface area contributed by atoms with Crippen LogP contribution in [0.1, 0.15) is 24.3 Å². The largest absolute Gasteiger partial charge is 0.480 e. The first-order valence-electron chi connectivity index (χ1n) is 6.60. The number of aromatic amines is 1. The topological polar surface area (TPSA) is 73.4 Å². The Balaban J connectivity index is 2.26. The van der Waals surface area contributed by atoms with E-state index in [0.717, 1.165) is 11.3 Å². The lowest BCUT2D eigenvalue weighted by Gasteiger charge is -2.31. The monoisotopic (exact) mass is 286 g/mol. The predicted octanol–water partition coefficient (Wildman–Crippen LogP) is 2.62. The van der Waals surface area contributed by atoms with Crippen LogP contribution in [0.15, 0.2) is 42.5 Å². The first kappa shape index (κ1) is 14.8. The van der Waals surface area contributed by atoms with Gasteiger partial charge in [0.15, 0.2) is 0 Å². The number of carboxylic acid groups (broad SMARTS) is 1. The van der Waals surface area contributed by atoms with Gasteiger partial charge in [-0.05, 0) is 31.5 Å². The lowest BCUT2D eigenvalue weighted by atomic mass is 10.0. The van der Waals surface area contributed by atoms with E-state index in [0.29, 0.717) is 5.69 Å². The molecule has 2 N–H and O–H groups in total. The number of amides is 1. The summed E-state index contributed by atoms with van der Waals surface area (Å²) < 4.78 is 0. The van der Waals surface area contributed by atoms with Crippen LogP contribution in [-0.2, 0) is 4.79 Å². The third-order valence-electron chi connectivity index (χ3n) is 3.67. The molecule has 21 heavy (non-hydrogen) atoms. The lowest BCUT2D eigenvalue weighted by molar-refractivity contribution is -0.147. The van der Waals surface area contributed by atoms with Crippen LogP contribution in [0.3, 0.4) is 0 Å². The van der Waals surface area contributed by atoms with Crippen LogP contribution < -0.4 is 0 Å². The number of nitrogens with zero attached hydrogens (tertiary/aromatic N) is 1. The molecule has 0 unspecified atom stereocenters. The van der Waals surface area contributed by atoms with Crippen molar-refractivity contribution in [2.24, 2.45) is 0 Å². The van der Waals surface area contributed by atoms with Crippen molar-refractivity contribution in [1.82, 2.24) is 9.88 Å². The van der Waals surface area contributed by atoms with Crippen LogP contribution in [0.5, 0.6) is 0 Å². The average molecular weight is 286 g/mol. The first-order chi connectivity index (χ1) is 9.84. The second kappa shape index (κ2) is 5.44. The van der Waals surface area contributed by atoms with Crippen molar-refractivity contribution >= 4 is 11.9 Å². The number of H-pyrrole nitrogens is 1. The third-order valence-corrected chi connectivity index (χ3v) is 3.67. The number of aromatic nitrogens is 1. The van der Waals surface area contributed by atoms with Gasteiger partial charge in [-0.3, -0.25) is 4.79 Å². The number of hydrogen-bond acceptors (Lipinski definition) is 2. The fraction of sp³-hybridized carbons (Fsp3) is 0.250. The number of hydrogen-bond donors (Lipinski definition) is 2. The normalized spacial score (nSPS) is 11.2. The van der Waals surface area contributed by atoms with E-state index in [2.05, 4.69) is 4.98 Å². The Kier molecular flexibility index (Phi) is 3.84. The quantitative estimate of drug-likeness (QED) is 0.907. The number of rotatable bonds is 4. The molecule has 0 bridgehead atoms. The number of carbonyl (C=O) groups excluding carboxylic acids is 1. The van der Waals surface area contributed by atoms with Gasteiger partial charge in [0, 0.05) is 12.7 Å². The van der Waals surface area contributed by atoms with Gasteiger partial charge in [0.2, 0.25) is 0 Å². The molecule has 1 aromatic heterocycles. The van der Waals surface area contributed by atoms with Crippen LogP contribution in [0, 0.1) is 0 Å². The van der Waals surface area contributed by atoms with E-state index in [1.165, 1.54) is 25.8 Å². The molecule has 0 aliphatic heterocycles. The molecule has 1 aromatic carbocycles. The van der Waals surface area contributed by atoms with Crippen molar-refractivity contribution in [3.05, 3.63) is 48.2 Å². The van der Waals surface area contributed by atoms with Gasteiger partial charge in [-0.1, -0.05) is 30.3 Å². The van der Waals surface area contributed by atoms with E-state index < -0.39 is 11.5 Å². The summed E-state index contributed by atoms with van der Waals surface area (Å²) in [6.07, 6.45) is 0. The van der Waals surface area contributed by atoms with Gasteiger partial charge >= 0.3 is 5.97 Å². The molecular weight excluding hydrogens is 268 g/mol. The number of benzene rings is 1. The predicted molar refractivity (Wildman–Crippen MR) is 80.0 cm³/mol. The summed E-state index contributed by atoms with van der Waals surface area (Å²) in [6, 6.07) is 13.1. The van der Waals surface area contributed by atoms with E-state index in [-0.39, 0.29) is 5.91 Å². The molecule has 110 valence electrons. The summed E-state index contributed by atoms with van der Waals surface area (Å²) >= 11 is 0. The fourth-order valence-electron chi connectivity index (χ4n) is 1.88. The van der Waals surface area contributed by atoms with Gasteiger partial charge in [0.05, 0.1) is 0 Å². The molecule has 0 saturated heterocycles. The van der Waals surface area contributed by atoms with Gasteiger partial charge < -0.3 is 15.0 Å². The van der Waals surface area contributed by atoms with Crippen molar-refractivity contribution in [2.75, 3.05) is 7.05 Å². The van der Waals surface area contributed by atoms with Crippen molar-refractivity contribution in [2.45, 2.75) is 19.4 Å². The second-order valence-electron chi connectivity index (χ2n) is 5.38. The number of carboxylic acids is 1. The Bertz CT molecular complexity index is 659. The van der Waals surface area contributed by atoms with Crippen LogP contribution in [0.25, 0.3) is 11.3 Å². The second-order valence-corrected chi connectivity index (χ2v) is 5.38. The molecule has 0 atom stereocenters. The zero-order valence-electron chi connectivity index (χ0n) is 12.3. The van der Waals surface area contributed by atoms with Crippen LogP contribution in [0.4, 0.5) is 0 Å². The lowest BCUT2D eigenvalue weighted by Crippen LogP contribution is -2.50. The van der Waals surface area contributed by atoms with Crippen LogP contribution in [0.2, 0.25) is 0 Å². The van der Waals surface area contributed by atoms with Crippen molar-refractivity contribution < 1.29 is 14.7 Å². The maximum Gasteiger partial charge on any atom is 0.329 e. The highest BCUT2D eigenvalue weighted by Gasteiger charge is 2.35. The summed E-state index contributed by atoms with van der Waals surface area (Å²) in [4.78, 5) is 27.8. The molecule has 2 aromatic rings. The Morgan fingerprint density at radius 2 is 1.71 bits per heavy atom. The molecule has 2 rings (SSSR count). The number of likely N-dealkylation sites (N-methyl/N-ethyl adjacent to an activating group) is 1. The Labute approximate surface area is 123 Å². The summed E-state index contributed by atoms with van der Waals surface area (Å²) in [5.41, 5.74) is 0.887. The highest BCUT2D eigenvalue weighted by molar-refractivity contribution is 5.96. The minimum absolute atomic E-state index is 0.357. The molecule has 0 saturated carbocycles. The highest BCUT2D eigenvalue weighted by atomic mass is 16.4. The molecule has 1 heterocycles. The molecule has 0 aliphatic carbocycles. The molecule has 0 spiro atoms. The summed E-state index contributed by atoms with van der Waals surface area (Å²) in [5, 5.41) is 9.19. The third kappa shape index (κ3) is 2.81. The molecule has 1 amide bonds. The van der Waals surface area contributed by atoms with Gasteiger partial charge in [-0.2, -0.15) is 0 Å². The minimum Gasteiger partial charge on any atom is -0.480 e. The first-order valence-corrected chi connectivity index (χ1v) is 6.60. The summed E-state index contributed by atoms with van der Waals surface area (Å²) in [5.74, 6) is -1.40. The SMILES string of the molecule is CN(C(=O)c1ccc(-c2ccccc2)[nH]1)C(C)(C)C(=O)O. The van der Waals surface area contributed by atoms with E-state index in [9.17, 15) is 14.7 Å². The molecular formula is C16H18N2O3. The van der Waals surface area contributed by atoms with Crippen molar-refractivity contribution in [3.63, 3.8) is 0 Å². The molecule has 0 fully saturated rings. The highest BCUT2D eigenvalue weighted by Crippen LogP contribution is 2.21. The van der Waals surface area contributed by atoms with E-state index in [4.69, 9.17) is 0 Å². The Morgan fingerprint density at radius 3 is 2.29 bits per heavy atom. The molecule has 5 heteroatoms. The van der Waals surface area contributed by atoms with E-state index in [1.807, 2.05) is 36.4 Å².